The van der Waals surface area contributed by atoms with E-state index in [2.05, 4.69) is 32.7 Å². The van der Waals surface area contributed by atoms with Crippen LogP contribution in [0.3, 0.4) is 0 Å². The molecule has 0 atom stereocenters. The smallest absolute Gasteiger partial charge is 0.284 e. The summed E-state index contributed by atoms with van der Waals surface area (Å²) in [5.41, 5.74) is 4.92. The van der Waals surface area contributed by atoms with E-state index in [0.29, 0.717) is 5.01 Å². The lowest BCUT2D eigenvalue weighted by molar-refractivity contribution is 0.102. The minimum Gasteiger partial charge on any atom is -0.493 e. The SMILES string of the molecule is O=C(Nc1ccccc1N1CCNCC1)c1nc(-c2ccc3c(c2)CCO3)cs1. The Balaban J connectivity index is 1.35. The Bertz CT molecular complexity index is 1040. The largest absolute Gasteiger partial charge is 0.493 e. The van der Waals surface area contributed by atoms with Gasteiger partial charge in [-0.2, -0.15) is 0 Å². The molecule has 0 radical (unpaired) electrons. The molecule has 2 aliphatic rings. The van der Waals surface area contributed by atoms with Gasteiger partial charge in [-0.25, -0.2) is 4.98 Å². The Labute approximate surface area is 173 Å². The van der Waals surface area contributed by atoms with E-state index in [1.54, 1.807) is 0 Å². The molecule has 1 aromatic heterocycles. The lowest BCUT2D eigenvalue weighted by Gasteiger charge is -2.31. The van der Waals surface area contributed by atoms with Crippen LogP contribution in [0.15, 0.2) is 47.8 Å². The number of anilines is 2. The van der Waals surface area contributed by atoms with Crippen molar-refractivity contribution in [2.45, 2.75) is 6.42 Å². The Morgan fingerprint density at radius 2 is 2.03 bits per heavy atom. The van der Waals surface area contributed by atoms with E-state index in [-0.39, 0.29) is 5.91 Å². The van der Waals surface area contributed by atoms with Gasteiger partial charge in [0.25, 0.3) is 5.91 Å². The quantitative estimate of drug-likeness (QED) is 0.695. The molecule has 1 saturated heterocycles. The summed E-state index contributed by atoms with van der Waals surface area (Å²) in [6, 6.07) is 14.1. The number of para-hydroxylation sites is 2. The molecule has 0 spiro atoms. The number of benzene rings is 2. The van der Waals surface area contributed by atoms with Crippen molar-refractivity contribution in [2.75, 3.05) is 43.0 Å². The molecule has 0 aliphatic carbocycles. The number of piperazine rings is 1. The van der Waals surface area contributed by atoms with E-state index < -0.39 is 0 Å². The highest BCUT2D eigenvalue weighted by Gasteiger charge is 2.19. The lowest BCUT2D eigenvalue weighted by atomic mass is 10.1. The molecule has 0 saturated carbocycles. The summed E-state index contributed by atoms with van der Waals surface area (Å²) < 4.78 is 5.57. The number of ether oxygens (including phenoxy) is 1. The predicted octanol–water partition coefficient (Wildman–Crippen LogP) is 3.41. The van der Waals surface area contributed by atoms with Gasteiger partial charge in [-0.3, -0.25) is 4.79 Å². The lowest BCUT2D eigenvalue weighted by Crippen LogP contribution is -2.43. The summed E-state index contributed by atoms with van der Waals surface area (Å²) in [7, 11) is 0. The van der Waals surface area contributed by atoms with Gasteiger partial charge >= 0.3 is 0 Å². The molecule has 1 amide bonds. The second kappa shape index (κ2) is 7.85. The van der Waals surface area contributed by atoms with Crippen molar-refractivity contribution in [3.63, 3.8) is 0 Å². The predicted molar refractivity (Wildman–Crippen MR) is 116 cm³/mol. The van der Waals surface area contributed by atoms with Crippen LogP contribution in [-0.4, -0.2) is 43.7 Å². The summed E-state index contributed by atoms with van der Waals surface area (Å²) in [6.45, 7) is 4.48. The van der Waals surface area contributed by atoms with Crippen LogP contribution in [0.25, 0.3) is 11.3 Å². The number of carbonyl (C=O) groups is 1. The van der Waals surface area contributed by atoms with E-state index in [4.69, 9.17) is 4.74 Å². The molecule has 148 valence electrons. The van der Waals surface area contributed by atoms with E-state index in [1.165, 1.54) is 16.9 Å². The molecule has 6 nitrogen and oxygen atoms in total. The van der Waals surface area contributed by atoms with Crippen LogP contribution >= 0.6 is 11.3 Å². The van der Waals surface area contributed by atoms with Gasteiger partial charge in [-0.05, 0) is 35.9 Å². The van der Waals surface area contributed by atoms with Gasteiger partial charge < -0.3 is 20.3 Å². The number of nitrogens with one attached hydrogen (secondary N) is 2. The van der Waals surface area contributed by atoms with E-state index in [0.717, 1.165) is 67.6 Å². The standard InChI is InChI=1S/C22H22N4O2S/c27-21(24-17-3-1-2-4-19(17)26-10-8-23-9-11-26)22-25-18(14-29-22)15-5-6-20-16(13-15)7-12-28-20/h1-6,13-14,23H,7-12H2,(H,24,27). The fourth-order valence-electron chi connectivity index (χ4n) is 3.79. The molecule has 1 fully saturated rings. The van der Waals surface area contributed by atoms with Crippen molar-refractivity contribution in [3.05, 3.63) is 58.4 Å². The molecule has 5 rings (SSSR count). The van der Waals surface area contributed by atoms with Crippen LogP contribution in [0.1, 0.15) is 15.4 Å². The van der Waals surface area contributed by atoms with Gasteiger partial charge in [-0.1, -0.05) is 12.1 Å². The van der Waals surface area contributed by atoms with Crippen LogP contribution < -0.4 is 20.3 Å². The molecule has 7 heteroatoms. The molecule has 0 bridgehead atoms. The maximum Gasteiger partial charge on any atom is 0.284 e. The van der Waals surface area contributed by atoms with Crippen LogP contribution in [0.4, 0.5) is 11.4 Å². The monoisotopic (exact) mass is 406 g/mol. The van der Waals surface area contributed by atoms with Crippen LogP contribution in [0.5, 0.6) is 5.75 Å². The van der Waals surface area contributed by atoms with Crippen molar-refractivity contribution in [1.82, 2.24) is 10.3 Å². The average Bonchev–Trinajstić information content (AvgIpc) is 3.44. The zero-order valence-electron chi connectivity index (χ0n) is 16.0. The highest BCUT2D eigenvalue weighted by molar-refractivity contribution is 7.12. The molecule has 2 aliphatic heterocycles. The van der Waals surface area contributed by atoms with Crippen LogP contribution in [-0.2, 0) is 6.42 Å². The number of hydrogen-bond donors (Lipinski definition) is 2. The van der Waals surface area contributed by atoms with Gasteiger partial charge in [-0.15, -0.1) is 11.3 Å². The second-order valence-corrected chi connectivity index (χ2v) is 8.03. The first-order chi connectivity index (χ1) is 14.3. The maximum absolute atomic E-state index is 12.9. The Morgan fingerprint density at radius 3 is 2.93 bits per heavy atom. The Hall–Kier alpha value is -2.90. The van der Waals surface area contributed by atoms with Crippen molar-refractivity contribution in [1.29, 1.82) is 0 Å². The maximum atomic E-state index is 12.9. The zero-order valence-corrected chi connectivity index (χ0v) is 16.8. The molecule has 2 aromatic carbocycles. The highest BCUT2D eigenvalue weighted by atomic mass is 32.1. The van der Waals surface area contributed by atoms with E-state index in [9.17, 15) is 4.79 Å². The summed E-state index contributed by atoms with van der Waals surface area (Å²) in [5, 5.41) is 8.82. The van der Waals surface area contributed by atoms with Gasteiger partial charge in [0.1, 0.15) is 5.75 Å². The van der Waals surface area contributed by atoms with Crippen molar-refractivity contribution >= 4 is 28.6 Å². The number of nitrogens with zero attached hydrogens (tertiary/aromatic N) is 2. The molecule has 2 N–H and O–H groups in total. The topological polar surface area (TPSA) is 66.5 Å². The van der Waals surface area contributed by atoms with Gasteiger partial charge in [0, 0.05) is 43.5 Å². The average molecular weight is 407 g/mol. The van der Waals surface area contributed by atoms with Crippen molar-refractivity contribution in [2.24, 2.45) is 0 Å². The first-order valence-electron chi connectivity index (χ1n) is 9.85. The number of aromatic nitrogens is 1. The number of rotatable bonds is 4. The van der Waals surface area contributed by atoms with Crippen molar-refractivity contribution in [3.8, 4) is 17.0 Å². The zero-order chi connectivity index (χ0) is 19.6. The molecule has 3 aromatic rings. The van der Waals surface area contributed by atoms with Crippen LogP contribution in [0, 0.1) is 0 Å². The second-order valence-electron chi connectivity index (χ2n) is 7.17. The van der Waals surface area contributed by atoms with E-state index >= 15 is 0 Å². The van der Waals surface area contributed by atoms with Gasteiger partial charge in [0.2, 0.25) is 0 Å². The summed E-state index contributed by atoms with van der Waals surface area (Å²) in [5.74, 6) is 0.778. The first kappa shape index (κ1) is 18.1. The third kappa shape index (κ3) is 3.71. The van der Waals surface area contributed by atoms with Crippen LogP contribution in [0.2, 0.25) is 0 Å². The molecule has 0 unspecified atom stereocenters. The fraction of sp³-hybridized carbons (Fsp3) is 0.273. The molecular weight excluding hydrogens is 384 g/mol. The summed E-state index contributed by atoms with van der Waals surface area (Å²) in [4.78, 5) is 19.8. The number of fused-ring (bicyclic) bond motifs is 1. The van der Waals surface area contributed by atoms with E-state index in [1.807, 2.05) is 35.7 Å². The number of thiazole rings is 1. The number of carbonyl (C=O) groups excluding carboxylic acids is 1. The van der Waals surface area contributed by atoms with Gasteiger partial charge in [0.15, 0.2) is 5.01 Å². The molecule has 3 heterocycles. The summed E-state index contributed by atoms with van der Waals surface area (Å²) >= 11 is 1.37. The third-order valence-electron chi connectivity index (χ3n) is 5.29. The Morgan fingerprint density at radius 1 is 1.17 bits per heavy atom. The minimum atomic E-state index is -0.173. The summed E-state index contributed by atoms with van der Waals surface area (Å²) in [6.07, 6.45) is 0.920. The highest BCUT2D eigenvalue weighted by Crippen LogP contribution is 2.31. The molecule has 29 heavy (non-hydrogen) atoms. The number of hydrogen-bond acceptors (Lipinski definition) is 6. The molecular formula is C22H22N4O2S. The third-order valence-corrected chi connectivity index (χ3v) is 6.13. The van der Waals surface area contributed by atoms with Gasteiger partial charge in [0.05, 0.1) is 23.7 Å². The fourth-order valence-corrected chi connectivity index (χ4v) is 4.51. The minimum absolute atomic E-state index is 0.173. The first-order valence-corrected chi connectivity index (χ1v) is 10.7. The van der Waals surface area contributed by atoms with Crippen molar-refractivity contribution < 1.29 is 9.53 Å². The Kier molecular flexibility index (Phi) is 4.91. The number of amides is 1. The normalized spacial score (nSPS) is 15.7.